The molecule has 0 aromatic carbocycles. The molecule has 0 N–H and O–H groups in total. The number of hydrogen-bond acceptors (Lipinski definition) is 4. The Labute approximate surface area is 125 Å². The molecule has 6 nitrogen and oxygen atoms in total. The van der Waals surface area contributed by atoms with Gasteiger partial charge >= 0.3 is 5.69 Å². The summed E-state index contributed by atoms with van der Waals surface area (Å²) < 4.78 is 2.50. The van der Waals surface area contributed by atoms with Crippen molar-refractivity contribution < 1.29 is 4.79 Å². The van der Waals surface area contributed by atoms with Gasteiger partial charge in [0.2, 0.25) is 0 Å². The molecule has 0 radical (unpaired) electrons. The lowest BCUT2D eigenvalue weighted by molar-refractivity contribution is 0.0729. The molecule has 3 heterocycles. The first kappa shape index (κ1) is 14.1. The largest absolute Gasteiger partial charge is 0.338 e. The number of hydrogen-bond donors (Lipinski definition) is 0. The van der Waals surface area contributed by atoms with Crippen LogP contribution in [0.15, 0.2) is 15.7 Å². The normalized spacial score (nSPS) is 15.6. The van der Waals surface area contributed by atoms with E-state index in [2.05, 4.69) is 0 Å². The van der Waals surface area contributed by atoms with Crippen molar-refractivity contribution in [2.75, 3.05) is 13.1 Å². The highest BCUT2D eigenvalue weighted by molar-refractivity contribution is 7.20. The van der Waals surface area contributed by atoms with Gasteiger partial charge in [0.25, 0.3) is 11.5 Å². The van der Waals surface area contributed by atoms with Crippen LogP contribution in [0.4, 0.5) is 0 Å². The van der Waals surface area contributed by atoms with Crippen LogP contribution in [0.3, 0.4) is 0 Å². The highest BCUT2D eigenvalue weighted by Crippen LogP contribution is 2.24. The van der Waals surface area contributed by atoms with Crippen molar-refractivity contribution in [1.82, 2.24) is 14.0 Å². The van der Waals surface area contributed by atoms with Gasteiger partial charge < -0.3 is 4.90 Å². The number of nitrogens with zero attached hydrogens (tertiary/aromatic N) is 3. The van der Waals surface area contributed by atoms with Crippen LogP contribution in [0.25, 0.3) is 10.2 Å². The van der Waals surface area contributed by atoms with Crippen molar-refractivity contribution in [3.63, 3.8) is 0 Å². The molecule has 0 spiro atoms. The Morgan fingerprint density at radius 3 is 2.43 bits per heavy atom. The molecule has 1 aliphatic heterocycles. The van der Waals surface area contributed by atoms with E-state index < -0.39 is 0 Å². The molecule has 1 saturated heterocycles. The van der Waals surface area contributed by atoms with Crippen LogP contribution in [0.5, 0.6) is 0 Å². The zero-order valence-corrected chi connectivity index (χ0v) is 12.9. The Kier molecular flexibility index (Phi) is 3.44. The van der Waals surface area contributed by atoms with Gasteiger partial charge in [-0.1, -0.05) is 0 Å². The van der Waals surface area contributed by atoms with Gasteiger partial charge in [-0.05, 0) is 25.3 Å². The summed E-state index contributed by atoms with van der Waals surface area (Å²) in [5, 5.41) is 0.435. The number of amides is 1. The SMILES string of the molecule is Cn1c(=O)c2cc(C(=O)N3CCCCC3)sc2n(C)c1=O. The second-order valence-electron chi connectivity index (χ2n) is 5.39. The minimum atomic E-state index is -0.369. The van der Waals surface area contributed by atoms with Gasteiger partial charge in [-0.2, -0.15) is 0 Å². The topological polar surface area (TPSA) is 64.3 Å². The lowest BCUT2D eigenvalue weighted by atomic mass is 10.1. The number of thiophene rings is 1. The highest BCUT2D eigenvalue weighted by atomic mass is 32.1. The third-order valence-corrected chi connectivity index (χ3v) is 5.18. The molecule has 3 rings (SSSR count). The number of aromatic nitrogens is 2. The predicted molar refractivity (Wildman–Crippen MR) is 82.1 cm³/mol. The first-order chi connectivity index (χ1) is 10.0. The summed E-state index contributed by atoms with van der Waals surface area (Å²) in [6.07, 6.45) is 3.21. The third-order valence-electron chi connectivity index (χ3n) is 3.98. The van der Waals surface area contributed by atoms with E-state index in [-0.39, 0.29) is 17.2 Å². The maximum absolute atomic E-state index is 12.5. The van der Waals surface area contributed by atoms with E-state index in [0.29, 0.717) is 15.1 Å². The Balaban J connectivity index is 2.11. The quantitative estimate of drug-likeness (QED) is 0.787. The maximum Gasteiger partial charge on any atom is 0.331 e. The number of fused-ring (bicyclic) bond motifs is 1. The van der Waals surface area contributed by atoms with E-state index in [0.717, 1.165) is 36.9 Å². The summed E-state index contributed by atoms with van der Waals surface area (Å²) in [7, 11) is 3.07. The van der Waals surface area contributed by atoms with Gasteiger partial charge in [0.15, 0.2) is 0 Å². The molecule has 7 heteroatoms. The maximum atomic E-state index is 12.5. The number of piperidine rings is 1. The van der Waals surface area contributed by atoms with Crippen LogP contribution in [-0.2, 0) is 14.1 Å². The molecule has 0 bridgehead atoms. The standard InChI is InChI=1S/C14H17N3O3S/c1-15-11(18)9-8-10(21-13(9)16(2)14(15)20)12(19)17-6-4-3-5-7-17/h8H,3-7H2,1-2H3. The zero-order valence-electron chi connectivity index (χ0n) is 12.1. The predicted octanol–water partition coefficient (Wildman–Crippen LogP) is 0.925. The number of aryl methyl sites for hydroxylation is 1. The number of rotatable bonds is 1. The smallest absolute Gasteiger partial charge is 0.331 e. The second kappa shape index (κ2) is 5.14. The zero-order chi connectivity index (χ0) is 15.1. The molecule has 1 aliphatic rings. The van der Waals surface area contributed by atoms with Crippen molar-refractivity contribution in [3.8, 4) is 0 Å². The molecular formula is C14H17N3O3S. The van der Waals surface area contributed by atoms with Crippen molar-refractivity contribution in [2.24, 2.45) is 14.1 Å². The van der Waals surface area contributed by atoms with Crippen molar-refractivity contribution in [2.45, 2.75) is 19.3 Å². The minimum absolute atomic E-state index is 0.0367. The van der Waals surface area contributed by atoms with Gasteiger partial charge in [0.05, 0.1) is 10.3 Å². The van der Waals surface area contributed by atoms with Crippen molar-refractivity contribution >= 4 is 27.5 Å². The molecule has 112 valence electrons. The lowest BCUT2D eigenvalue weighted by Crippen LogP contribution is -2.36. The fourth-order valence-electron chi connectivity index (χ4n) is 2.72. The van der Waals surface area contributed by atoms with Crippen LogP contribution in [-0.4, -0.2) is 33.0 Å². The summed E-state index contributed by atoms with van der Waals surface area (Å²) in [6.45, 7) is 1.54. The van der Waals surface area contributed by atoms with E-state index in [1.54, 1.807) is 13.1 Å². The molecule has 0 unspecified atom stereocenters. The first-order valence-corrected chi connectivity index (χ1v) is 7.81. The third kappa shape index (κ3) is 2.21. The molecule has 0 saturated carbocycles. The van der Waals surface area contributed by atoms with E-state index >= 15 is 0 Å². The monoisotopic (exact) mass is 307 g/mol. The van der Waals surface area contributed by atoms with E-state index in [9.17, 15) is 14.4 Å². The summed E-state index contributed by atoms with van der Waals surface area (Å²) in [5.41, 5.74) is -0.714. The van der Waals surface area contributed by atoms with Crippen LogP contribution in [0.1, 0.15) is 28.9 Å². The van der Waals surface area contributed by atoms with Crippen molar-refractivity contribution in [3.05, 3.63) is 31.8 Å². The first-order valence-electron chi connectivity index (χ1n) is 6.99. The van der Waals surface area contributed by atoms with Crippen LogP contribution >= 0.6 is 11.3 Å². The molecular weight excluding hydrogens is 290 g/mol. The molecule has 21 heavy (non-hydrogen) atoms. The minimum Gasteiger partial charge on any atom is -0.338 e. The molecule has 2 aromatic rings. The van der Waals surface area contributed by atoms with Crippen LogP contribution < -0.4 is 11.2 Å². The van der Waals surface area contributed by atoms with Gasteiger partial charge in [-0.25, -0.2) is 4.79 Å². The molecule has 2 aromatic heterocycles. The van der Waals surface area contributed by atoms with E-state index in [4.69, 9.17) is 0 Å². The molecule has 1 fully saturated rings. The van der Waals surface area contributed by atoms with Crippen molar-refractivity contribution in [1.29, 1.82) is 0 Å². The van der Waals surface area contributed by atoms with Gasteiger partial charge in [-0.15, -0.1) is 11.3 Å². The Hall–Kier alpha value is -1.89. The summed E-state index contributed by atoms with van der Waals surface area (Å²) in [4.78, 5) is 39.5. The Bertz CT molecular complexity index is 824. The van der Waals surface area contributed by atoms with Gasteiger partial charge in [0.1, 0.15) is 4.83 Å². The molecule has 0 atom stereocenters. The van der Waals surface area contributed by atoms with Gasteiger partial charge in [-0.3, -0.25) is 18.7 Å². The Morgan fingerprint density at radius 1 is 1.10 bits per heavy atom. The van der Waals surface area contributed by atoms with Crippen LogP contribution in [0, 0.1) is 0 Å². The second-order valence-corrected chi connectivity index (χ2v) is 6.42. The summed E-state index contributed by atoms with van der Waals surface area (Å²) >= 11 is 1.22. The molecule has 0 aliphatic carbocycles. The van der Waals surface area contributed by atoms with E-state index in [1.807, 2.05) is 4.90 Å². The fraction of sp³-hybridized carbons (Fsp3) is 0.500. The number of carbonyl (C=O) groups is 1. The lowest BCUT2D eigenvalue weighted by Gasteiger charge is -2.26. The van der Waals surface area contributed by atoms with E-state index in [1.165, 1.54) is 23.0 Å². The Morgan fingerprint density at radius 2 is 1.76 bits per heavy atom. The highest BCUT2D eigenvalue weighted by Gasteiger charge is 2.22. The molecule has 1 amide bonds. The summed E-state index contributed by atoms with van der Waals surface area (Å²) in [5.74, 6) is -0.0367. The average molecular weight is 307 g/mol. The average Bonchev–Trinajstić information content (AvgIpc) is 2.96. The van der Waals surface area contributed by atoms with Gasteiger partial charge in [0, 0.05) is 27.2 Å². The number of likely N-dealkylation sites (tertiary alicyclic amines) is 1. The fourth-order valence-corrected chi connectivity index (χ4v) is 3.79. The number of carbonyl (C=O) groups excluding carboxylic acids is 1. The summed E-state index contributed by atoms with van der Waals surface area (Å²) in [6, 6.07) is 1.62. The van der Waals surface area contributed by atoms with Crippen LogP contribution in [0.2, 0.25) is 0 Å².